The minimum Gasteiger partial charge on any atom is -0.493 e. The maximum Gasteiger partial charge on any atom is 0.121 e. The second-order valence-corrected chi connectivity index (χ2v) is 6.12. The van der Waals surface area contributed by atoms with Crippen LogP contribution < -0.4 is 10.1 Å². The zero-order valence-corrected chi connectivity index (χ0v) is 11.3. The number of hydrogen-bond acceptors (Lipinski definition) is 3. The van der Waals surface area contributed by atoms with Crippen molar-refractivity contribution in [2.45, 2.75) is 19.8 Å². The Bertz CT molecular complexity index is 438. The van der Waals surface area contributed by atoms with E-state index in [4.69, 9.17) is 4.74 Å². The molecule has 3 rings (SSSR count). The zero-order valence-electron chi connectivity index (χ0n) is 11.3. The van der Waals surface area contributed by atoms with Gasteiger partial charge in [0.05, 0.1) is 6.61 Å². The van der Waals surface area contributed by atoms with E-state index in [1.165, 1.54) is 24.1 Å². The first-order valence-corrected chi connectivity index (χ1v) is 6.83. The van der Waals surface area contributed by atoms with Gasteiger partial charge in [0.15, 0.2) is 0 Å². The van der Waals surface area contributed by atoms with E-state index in [1.54, 1.807) is 0 Å². The van der Waals surface area contributed by atoms with Crippen LogP contribution in [0.1, 0.15) is 18.9 Å². The van der Waals surface area contributed by atoms with E-state index in [-0.39, 0.29) is 0 Å². The minimum atomic E-state index is 0.331. The van der Waals surface area contributed by atoms with Crippen LogP contribution in [0.3, 0.4) is 0 Å². The summed E-state index contributed by atoms with van der Waals surface area (Å²) in [7, 11) is 2.16. The van der Waals surface area contributed by atoms with Crippen molar-refractivity contribution in [3.8, 4) is 5.75 Å². The largest absolute Gasteiger partial charge is 0.493 e. The van der Waals surface area contributed by atoms with E-state index in [9.17, 15) is 0 Å². The number of benzene rings is 1. The summed E-state index contributed by atoms with van der Waals surface area (Å²) < 4.78 is 5.96. The number of ether oxygens (including phenoxy) is 1. The monoisotopic (exact) mass is 246 g/mol. The molecule has 2 aliphatic rings. The van der Waals surface area contributed by atoms with Crippen LogP contribution in [0.15, 0.2) is 18.2 Å². The van der Waals surface area contributed by atoms with Crippen molar-refractivity contribution in [3.05, 3.63) is 23.8 Å². The number of nitrogens with one attached hydrogen (secondary N) is 1. The summed E-state index contributed by atoms with van der Waals surface area (Å²) in [5.74, 6) is 0.999. The van der Waals surface area contributed by atoms with E-state index in [0.29, 0.717) is 5.41 Å². The van der Waals surface area contributed by atoms with Gasteiger partial charge in [-0.15, -0.1) is 0 Å². The van der Waals surface area contributed by atoms with Gasteiger partial charge in [-0.2, -0.15) is 0 Å². The molecule has 0 unspecified atom stereocenters. The first kappa shape index (κ1) is 11.8. The van der Waals surface area contributed by atoms with E-state index >= 15 is 0 Å². The summed E-state index contributed by atoms with van der Waals surface area (Å²) in [5.41, 5.74) is 3.01. The van der Waals surface area contributed by atoms with Crippen LogP contribution in [0.5, 0.6) is 5.75 Å². The highest BCUT2D eigenvalue weighted by Crippen LogP contribution is 2.31. The van der Waals surface area contributed by atoms with Crippen LogP contribution in [-0.2, 0) is 6.42 Å². The molecular formula is C15H22N2O. The van der Waals surface area contributed by atoms with Gasteiger partial charge in [0.2, 0.25) is 0 Å². The molecule has 98 valence electrons. The van der Waals surface area contributed by atoms with Crippen molar-refractivity contribution in [3.63, 3.8) is 0 Å². The number of fused-ring (bicyclic) bond motifs is 1. The minimum absolute atomic E-state index is 0.331. The van der Waals surface area contributed by atoms with Crippen molar-refractivity contribution in [1.29, 1.82) is 0 Å². The number of rotatable bonds is 3. The van der Waals surface area contributed by atoms with Crippen LogP contribution in [0, 0.1) is 5.41 Å². The topological polar surface area (TPSA) is 24.5 Å². The number of hydrogen-bond donors (Lipinski definition) is 1. The van der Waals surface area contributed by atoms with Crippen LogP contribution in [0.4, 0.5) is 5.69 Å². The summed E-state index contributed by atoms with van der Waals surface area (Å²) in [6.07, 6.45) is 2.42. The fraction of sp³-hybridized carbons (Fsp3) is 0.600. The standard InChI is InChI=1S/C15H22N2O/c1-15(9-17(2)10-15)11-18-13-6-5-12-4-3-7-16-14(12)8-13/h5-6,8,16H,3-4,7,9-11H2,1-2H3. The molecule has 3 nitrogen and oxygen atoms in total. The first-order chi connectivity index (χ1) is 8.65. The highest BCUT2D eigenvalue weighted by molar-refractivity contribution is 5.56. The fourth-order valence-electron chi connectivity index (χ4n) is 3.14. The van der Waals surface area contributed by atoms with Gasteiger partial charge in [0.25, 0.3) is 0 Å². The van der Waals surface area contributed by atoms with Gasteiger partial charge in [0, 0.05) is 36.8 Å². The highest BCUT2D eigenvalue weighted by atomic mass is 16.5. The lowest BCUT2D eigenvalue weighted by Gasteiger charge is -2.45. The summed E-state index contributed by atoms with van der Waals surface area (Å²) >= 11 is 0. The Morgan fingerprint density at radius 1 is 1.39 bits per heavy atom. The third-order valence-electron chi connectivity index (χ3n) is 3.91. The molecule has 1 aromatic carbocycles. The molecule has 0 atom stereocenters. The Morgan fingerprint density at radius 2 is 2.22 bits per heavy atom. The molecule has 1 fully saturated rings. The van der Waals surface area contributed by atoms with Gasteiger partial charge in [-0.25, -0.2) is 0 Å². The summed E-state index contributed by atoms with van der Waals surface area (Å²) in [6.45, 7) is 6.46. The molecule has 0 aliphatic carbocycles. The van der Waals surface area contributed by atoms with Crippen LogP contribution in [0.2, 0.25) is 0 Å². The van der Waals surface area contributed by atoms with Crippen LogP contribution in [-0.4, -0.2) is 38.2 Å². The van der Waals surface area contributed by atoms with Crippen molar-refractivity contribution in [2.24, 2.45) is 5.41 Å². The van der Waals surface area contributed by atoms with E-state index in [1.807, 2.05) is 0 Å². The predicted molar refractivity (Wildman–Crippen MR) is 74.4 cm³/mol. The predicted octanol–water partition coefficient (Wildman–Crippen LogP) is 2.38. The third kappa shape index (κ3) is 2.32. The smallest absolute Gasteiger partial charge is 0.121 e. The van der Waals surface area contributed by atoms with Gasteiger partial charge in [0.1, 0.15) is 5.75 Å². The molecular weight excluding hydrogens is 224 g/mol. The molecule has 1 aromatic rings. The molecule has 0 bridgehead atoms. The summed E-state index contributed by atoms with van der Waals surface area (Å²) in [5, 5.41) is 3.45. The van der Waals surface area contributed by atoms with Crippen LogP contribution in [0.25, 0.3) is 0 Å². The quantitative estimate of drug-likeness (QED) is 0.886. The van der Waals surface area contributed by atoms with Gasteiger partial charge < -0.3 is 15.0 Å². The van der Waals surface area contributed by atoms with Crippen molar-refractivity contribution in [1.82, 2.24) is 4.90 Å². The Balaban J connectivity index is 1.63. The molecule has 0 radical (unpaired) electrons. The lowest BCUT2D eigenvalue weighted by molar-refractivity contribution is -0.00135. The second kappa shape index (κ2) is 4.47. The van der Waals surface area contributed by atoms with E-state index < -0.39 is 0 Å². The molecule has 0 spiro atoms. The van der Waals surface area contributed by atoms with Crippen molar-refractivity contribution < 1.29 is 4.74 Å². The fourth-order valence-corrected chi connectivity index (χ4v) is 3.14. The summed E-state index contributed by atoms with van der Waals surface area (Å²) in [6, 6.07) is 6.46. The Kier molecular flexibility index (Phi) is 2.94. The molecule has 0 aromatic heterocycles. The molecule has 0 amide bonds. The lowest BCUT2D eigenvalue weighted by Crippen LogP contribution is -2.55. The van der Waals surface area contributed by atoms with Gasteiger partial charge in [-0.3, -0.25) is 0 Å². The van der Waals surface area contributed by atoms with Crippen LogP contribution >= 0.6 is 0 Å². The Labute approximate surface area is 109 Å². The Hall–Kier alpha value is -1.22. The summed E-state index contributed by atoms with van der Waals surface area (Å²) in [4.78, 5) is 2.33. The zero-order chi connectivity index (χ0) is 12.6. The second-order valence-electron chi connectivity index (χ2n) is 6.12. The number of nitrogens with zero attached hydrogens (tertiary/aromatic N) is 1. The molecule has 2 heterocycles. The average Bonchev–Trinajstić information content (AvgIpc) is 2.34. The normalized spacial score (nSPS) is 21.7. The maximum absolute atomic E-state index is 5.96. The molecule has 1 N–H and O–H groups in total. The molecule has 2 aliphatic heterocycles. The first-order valence-electron chi connectivity index (χ1n) is 6.83. The molecule has 3 heteroatoms. The number of anilines is 1. The van der Waals surface area contributed by atoms with Gasteiger partial charge in [-0.1, -0.05) is 13.0 Å². The SMILES string of the molecule is CN1CC(C)(COc2ccc3c(c2)NCCC3)C1. The lowest BCUT2D eigenvalue weighted by atomic mass is 9.83. The Morgan fingerprint density at radius 3 is 3.00 bits per heavy atom. The molecule has 0 saturated carbocycles. The van der Waals surface area contributed by atoms with Gasteiger partial charge in [-0.05, 0) is 31.5 Å². The molecule has 1 saturated heterocycles. The third-order valence-corrected chi connectivity index (χ3v) is 3.91. The maximum atomic E-state index is 5.96. The number of likely N-dealkylation sites (tertiary alicyclic amines) is 1. The average molecular weight is 246 g/mol. The number of aryl methyl sites for hydroxylation is 1. The van der Waals surface area contributed by atoms with E-state index in [0.717, 1.165) is 32.0 Å². The molecule has 18 heavy (non-hydrogen) atoms. The highest BCUT2D eigenvalue weighted by Gasteiger charge is 2.37. The van der Waals surface area contributed by atoms with Crippen molar-refractivity contribution in [2.75, 3.05) is 38.6 Å². The van der Waals surface area contributed by atoms with Gasteiger partial charge >= 0.3 is 0 Å². The van der Waals surface area contributed by atoms with E-state index in [2.05, 4.69) is 42.4 Å². The van der Waals surface area contributed by atoms with Crippen molar-refractivity contribution >= 4 is 5.69 Å².